The van der Waals surface area contributed by atoms with Crippen LogP contribution in [0.5, 0.6) is 5.75 Å². The van der Waals surface area contributed by atoms with Crippen molar-refractivity contribution in [1.82, 2.24) is 5.43 Å². The highest BCUT2D eigenvalue weighted by Gasteiger charge is 1.99. The molecule has 0 fully saturated rings. The summed E-state index contributed by atoms with van der Waals surface area (Å²) in [6.45, 7) is 0.0263. The number of nitrogens with zero attached hydrogens (tertiary/aromatic N) is 1. The molecular weight excluding hydrogens is 273 g/mol. The number of amides is 1. The van der Waals surface area contributed by atoms with Crippen LogP contribution in [-0.4, -0.2) is 23.8 Å². The first-order valence-corrected chi connectivity index (χ1v) is 6.24. The number of aromatic hydroxyl groups is 1. The summed E-state index contributed by atoms with van der Waals surface area (Å²) in [5.41, 5.74) is 3.76. The monoisotopic (exact) mass is 287 g/mol. The number of rotatable bonds is 5. The Morgan fingerprint density at radius 3 is 2.48 bits per heavy atom. The van der Waals surface area contributed by atoms with Crippen LogP contribution in [0.15, 0.2) is 53.6 Å². The average Bonchev–Trinajstić information content (AvgIpc) is 2.49. The lowest BCUT2D eigenvalue weighted by Gasteiger charge is -2.04. The van der Waals surface area contributed by atoms with E-state index in [0.29, 0.717) is 5.69 Å². The molecular formula is C15H14FN3O2. The molecule has 2 rings (SSSR count). The van der Waals surface area contributed by atoms with Crippen molar-refractivity contribution in [3.8, 4) is 5.75 Å². The van der Waals surface area contributed by atoms with Crippen molar-refractivity contribution in [2.75, 3.05) is 11.9 Å². The van der Waals surface area contributed by atoms with E-state index in [1.165, 1.54) is 30.5 Å². The quantitative estimate of drug-likeness (QED) is 0.582. The van der Waals surface area contributed by atoms with Crippen LogP contribution in [-0.2, 0) is 4.79 Å². The number of carbonyl (C=O) groups is 1. The molecule has 0 saturated heterocycles. The highest BCUT2D eigenvalue weighted by atomic mass is 19.1. The molecule has 0 radical (unpaired) electrons. The maximum atomic E-state index is 12.7. The summed E-state index contributed by atoms with van der Waals surface area (Å²) in [5, 5.41) is 15.8. The first-order valence-electron chi connectivity index (χ1n) is 6.24. The molecule has 21 heavy (non-hydrogen) atoms. The molecule has 0 heterocycles. The van der Waals surface area contributed by atoms with Gasteiger partial charge in [0.15, 0.2) is 0 Å². The van der Waals surface area contributed by atoms with Gasteiger partial charge < -0.3 is 10.4 Å². The van der Waals surface area contributed by atoms with Gasteiger partial charge in [-0.3, -0.25) is 4.79 Å². The molecule has 0 aromatic heterocycles. The summed E-state index contributed by atoms with van der Waals surface area (Å²) >= 11 is 0. The number of halogens is 1. The molecule has 2 aromatic carbocycles. The minimum Gasteiger partial charge on any atom is -0.508 e. The molecule has 0 bridgehead atoms. The van der Waals surface area contributed by atoms with E-state index >= 15 is 0 Å². The van der Waals surface area contributed by atoms with Crippen LogP contribution in [0.3, 0.4) is 0 Å². The largest absolute Gasteiger partial charge is 0.508 e. The Morgan fingerprint density at radius 1 is 1.14 bits per heavy atom. The van der Waals surface area contributed by atoms with E-state index in [0.717, 1.165) is 5.56 Å². The van der Waals surface area contributed by atoms with Gasteiger partial charge in [0, 0.05) is 5.69 Å². The molecule has 0 atom stereocenters. The first kappa shape index (κ1) is 14.5. The average molecular weight is 287 g/mol. The number of hydrogen-bond donors (Lipinski definition) is 3. The lowest BCUT2D eigenvalue weighted by Crippen LogP contribution is -2.25. The van der Waals surface area contributed by atoms with Crippen LogP contribution < -0.4 is 10.7 Å². The number of anilines is 1. The molecule has 1 amide bonds. The van der Waals surface area contributed by atoms with Crippen LogP contribution in [0.4, 0.5) is 10.1 Å². The second kappa shape index (κ2) is 7.04. The van der Waals surface area contributed by atoms with E-state index in [9.17, 15) is 9.18 Å². The molecule has 6 heteroatoms. The Kier molecular flexibility index (Phi) is 4.87. The van der Waals surface area contributed by atoms with Crippen LogP contribution in [0.1, 0.15) is 5.56 Å². The standard InChI is InChI=1S/C15H14FN3O2/c16-12-3-5-13(6-4-12)17-10-15(21)19-18-9-11-1-7-14(20)8-2-11/h1-9,17,20H,10H2,(H,19,21)/b18-9+. The first-order chi connectivity index (χ1) is 10.1. The lowest BCUT2D eigenvalue weighted by atomic mass is 10.2. The molecule has 0 spiro atoms. The summed E-state index contributed by atoms with van der Waals surface area (Å²) in [6, 6.07) is 12.1. The molecule has 0 aliphatic rings. The summed E-state index contributed by atoms with van der Waals surface area (Å²) in [6.07, 6.45) is 1.47. The molecule has 0 aliphatic carbocycles. The van der Waals surface area contributed by atoms with Crippen molar-refractivity contribution in [2.45, 2.75) is 0 Å². The van der Waals surface area contributed by atoms with Gasteiger partial charge in [0.05, 0.1) is 12.8 Å². The van der Waals surface area contributed by atoms with Crippen LogP contribution >= 0.6 is 0 Å². The van der Waals surface area contributed by atoms with Crippen molar-refractivity contribution in [3.05, 3.63) is 59.9 Å². The number of phenols is 1. The van der Waals surface area contributed by atoms with Gasteiger partial charge >= 0.3 is 0 Å². The summed E-state index contributed by atoms with van der Waals surface area (Å²) in [5.74, 6) is -0.488. The van der Waals surface area contributed by atoms with Crippen molar-refractivity contribution in [3.63, 3.8) is 0 Å². The van der Waals surface area contributed by atoms with E-state index in [-0.39, 0.29) is 24.0 Å². The number of phenolic OH excluding ortho intramolecular Hbond substituents is 1. The molecule has 2 aromatic rings. The summed E-state index contributed by atoms with van der Waals surface area (Å²) < 4.78 is 12.7. The number of benzene rings is 2. The van der Waals surface area contributed by atoms with Gasteiger partial charge in [0.1, 0.15) is 11.6 Å². The van der Waals surface area contributed by atoms with E-state index in [4.69, 9.17) is 5.11 Å². The second-order valence-electron chi connectivity index (χ2n) is 4.25. The fourth-order valence-electron chi connectivity index (χ4n) is 1.53. The third-order valence-electron chi connectivity index (χ3n) is 2.59. The zero-order valence-corrected chi connectivity index (χ0v) is 11.1. The fourth-order valence-corrected chi connectivity index (χ4v) is 1.53. The van der Waals surface area contributed by atoms with E-state index in [2.05, 4.69) is 15.8 Å². The van der Waals surface area contributed by atoms with Crippen molar-refractivity contribution >= 4 is 17.8 Å². The number of hydrogen-bond acceptors (Lipinski definition) is 4. The van der Waals surface area contributed by atoms with Gasteiger partial charge in [-0.25, -0.2) is 9.82 Å². The van der Waals surface area contributed by atoms with Gasteiger partial charge in [-0.05, 0) is 54.1 Å². The predicted octanol–water partition coefficient (Wildman–Crippen LogP) is 2.09. The van der Waals surface area contributed by atoms with Crippen LogP contribution in [0.2, 0.25) is 0 Å². The third kappa shape index (κ3) is 4.94. The number of hydrazone groups is 1. The van der Waals surface area contributed by atoms with Crippen molar-refractivity contribution in [1.29, 1.82) is 0 Å². The van der Waals surface area contributed by atoms with E-state index in [1.807, 2.05) is 0 Å². The predicted molar refractivity (Wildman–Crippen MR) is 78.7 cm³/mol. The van der Waals surface area contributed by atoms with Crippen LogP contribution in [0, 0.1) is 5.82 Å². The van der Waals surface area contributed by atoms with E-state index < -0.39 is 0 Å². The molecule has 5 nitrogen and oxygen atoms in total. The Labute approximate surface area is 121 Å². The van der Waals surface area contributed by atoms with Gasteiger partial charge in [0.2, 0.25) is 0 Å². The zero-order chi connectivity index (χ0) is 15.1. The molecule has 0 unspecified atom stereocenters. The van der Waals surface area contributed by atoms with Crippen LogP contribution in [0.25, 0.3) is 0 Å². The Hall–Kier alpha value is -2.89. The lowest BCUT2D eigenvalue weighted by molar-refractivity contribution is -0.119. The Bertz CT molecular complexity index is 624. The molecule has 0 aliphatic heterocycles. The van der Waals surface area contributed by atoms with Crippen molar-refractivity contribution in [2.24, 2.45) is 5.10 Å². The minimum atomic E-state index is -0.330. The third-order valence-corrected chi connectivity index (χ3v) is 2.59. The van der Waals surface area contributed by atoms with E-state index in [1.54, 1.807) is 24.3 Å². The molecule has 108 valence electrons. The fraction of sp³-hybridized carbons (Fsp3) is 0.0667. The topological polar surface area (TPSA) is 73.7 Å². The smallest absolute Gasteiger partial charge is 0.259 e. The Morgan fingerprint density at radius 2 is 1.81 bits per heavy atom. The highest BCUT2D eigenvalue weighted by molar-refractivity contribution is 5.84. The maximum absolute atomic E-state index is 12.7. The highest BCUT2D eigenvalue weighted by Crippen LogP contribution is 2.08. The second-order valence-corrected chi connectivity index (χ2v) is 4.25. The maximum Gasteiger partial charge on any atom is 0.259 e. The summed E-state index contributed by atoms with van der Waals surface area (Å²) in [4.78, 5) is 11.5. The van der Waals surface area contributed by atoms with Gasteiger partial charge in [-0.2, -0.15) is 5.10 Å². The van der Waals surface area contributed by atoms with Gasteiger partial charge in [-0.15, -0.1) is 0 Å². The number of nitrogens with one attached hydrogen (secondary N) is 2. The van der Waals surface area contributed by atoms with Crippen molar-refractivity contribution < 1.29 is 14.3 Å². The number of carbonyl (C=O) groups excluding carboxylic acids is 1. The van der Waals surface area contributed by atoms with Gasteiger partial charge in [0.25, 0.3) is 5.91 Å². The Balaban J connectivity index is 1.77. The molecule has 0 saturated carbocycles. The molecule has 3 N–H and O–H groups in total. The van der Waals surface area contributed by atoms with Gasteiger partial charge in [-0.1, -0.05) is 0 Å². The SMILES string of the molecule is O=C(CNc1ccc(F)cc1)N/N=C/c1ccc(O)cc1. The normalized spacial score (nSPS) is 10.5. The summed E-state index contributed by atoms with van der Waals surface area (Å²) in [7, 11) is 0. The minimum absolute atomic E-state index is 0.0263. The zero-order valence-electron chi connectivity index (χ0n) is 11.1.